The zero-order valence-electron chi connectivity index (χ0n) is 37.6. The van der Waals surface area contributed by atoms with Gasteiger partial charge in [-0.1, -0.05) is 176 Å². The van der Waals surface area contributed by atoms with E-state index in [1.807, 2.05) is 115 Å². The van der Waals surface area contributed by atoms with E-state index in [1.165, 1.54) is 4.90 Å². The van der Waals surface area contributed by atoms with Crippen molar-refractivity contribution in [2.24, 2.45) is 0 Å². The molecule has 53 heavy (non-hydrogen) atoms. The molecule has 0 heterocycles. The van der Waals surface area contributed by atoms with Crippen molar-refractivity contribution in [1.82, 2.24) is 0 Å². The van der Waals surface area contributed by atoms with E-state index in [9.17, 15) is 5.48 Å². The van der Waals surface area contributed by atoms with Gasteiger partial charge < -0.3 is 4.90 Å². The summed E-state index contributed by atoms with van der Waals surface area (Å²) in [4.78, 5) is 1.26. The molecule has 9 rings (SSSR count). The maximum absolute atomic E-state index is 9.49. The van der Waals surface area contributed by atoms with Gasteiger partial charge >= 0.3 is 0 Å². The Morgan fingerprint density at radius 3 is 1.62 bits per heavy atom. The maximum atomic E-state index is 9.49. The summed E-state index contributed by atoms with van der Waals surface area (Å²) in [5.74, 6) is 0. The molecule has 0 fully saturated rings. The van der Waals surface area contributed by atoms with Crippen LogP contribution in [0, 0.1) is 0 Å². The van der Waals surface area contributed by atoms with Crippen LogP contribution in [0.2, 0.25) is 0 Å². The van der Waals surface area contributed by atoms with E-state index in [0.29, 0.717) is 5.56 Å². The first kappa shape index (κ1) is 23.5. The molecule has 0 amide bonds. The van der Waals surface area contributed by atoms with E-state index >= 15 is 0 Å². The van der Waals surface area contributed by atoms with Crippen molar-refractivity contribution in [2.75, 3.05) is 4.90 Å². The van der Waals surface area contributed by atoms with Gasteiger partial charge in [-0.3, -0.25) is 0 Å². The van der Waals surface area contributed by atoms with E-state index in [1.54, 1.807) is 18.2 Å². The average molecular weight is 685 g/mol. The Labute approximate surface area is 324 Å². The first-order chi connectivity index (χ1) is 30.0. The molecule has 9 aromatic carbocycles. The van der Waals surface area contributed by atoms with Gasteiger partial charge in [-0.25, -0.2) is 0 Å². The van der Waals surface area contributed by atoms with Gasteiger partial charge in [0.15, 0.2) is 0 Å². The summed E-state index contributed by atoms with van der Waals surface area (Å²) in [6.07, 6.45) is 0. The summed E-state index contributed by atoms with van der Waals surface area (Å²) in [6, 6.07) is 50.5. The minimum absolute atomic E-state index is 0.0722. The average Bonchev–Trinajstić information content (AvgIpc) is 3.32. The lowest BCUT2D eigenvalue weighted by Gasteiger charge is -2.26. The molecular formula is C52H37N. The van der Waals surface area contributed by atoms with Gasteiger partial charge in [0.05, 0.1) is 12.3 Å². The molecule has 1 nitrogen and oxygen atoms in total. The zero-order chi connectivity index (χ0) is 43.2. The third-order valence-corrected chi connectivity index (χ3v) is 9.45. The van der Waals surface area contributed by atoms with Gasteiger partial charge in [0.25, 0.3) is 0 Å². The molecule has 1 heteroatoms. The molecule has 0 radical (unpaired) electrons. The zero-order valence-corrected chi connectivity index (χ0v) is 28.6. The largest absolute Gasteiger partial charge is 0.311 e. The lowest BCUT2D eigenvalue weighted by Crippen LogP contribution is -2.09. The topological polar surface area (TPSA) is 3.24 Å². The van der Waals surface area contributed by atoms with Gasteiger partial charge in [0, 0.05) is 17.1 Å². The van der Waals surface area contributed by atoms with Crippen molar-refractivity contribution in [3.8, 4) is 55.6 Å². The van der Waals surface area contributed by atoms with Crippen LogP contribution >= 0.6 is 0 Å². The molecule has 0 unspecified atom stereocenters. The molecule has 0 saturated carbocycles. The maximum Gasteiger partial charge on any atom is 0.0645 e. The fourth-order valence-corrected chi connectivity index (χ4v) is 6.86. The molecule has 250 valence electrons. The summed E-state index contributed by atoms with van der Waals surface area (Å²) < 4.78 is 81.2. The third kappa shape index (κ3) is 6.53. The van der Waals surface area contributed by atoms with Crippen molar-refractivity contribution in [3.05, 3.63) is 224 Å². The quantitative estimate of drug-likeness (QED) is 0.154. The first-order valence-electron chi connectivity index (χ1n) is 21.9. The molecule has 0 aliphatic rings. The summed E-state index contributed by atoms with van der Waals surface area (Å²) in [6.45, 7) is 0. The molecule has 0 N–H and O–H groups in total. The molecule has 0 spiro atoms. The Morgan fingerprint density at radius 2 is 0.868 bits per heavy atom. The second-order valence-corrected chi connectivity index (χ2v) is 12.7. The highest BCUT2D eigenvalue weighted by molar-refractivity contribution is 5.97. The molecule has 0 saturated heterocycles. The van der Waals surface area contributed by atoms with Crippen LogP contribution in [0.25, 0.3) is 66.4 Å². The highest BCUT2D eigenvalue weighted by Gasteiger charge is 2.15. The number of hydrogen-bond donors (Lipinski definition) is 0. The van der Waals surface area contributed by atoms with Crippen LogP contribution in [0.4, 0.5) is 17.1 Å². The lowest BCUT2D eigenvalue weighted by molar-refractivity contribution is 1.28. The van der Waals surface area contributed by atoms with Crippen molar-refractivity contribution >= 4 is 27.8 Å². The molecule has 0 bridgehead atoms. The summed E-state index contributed by atoms with van der Waals surface area (Å²) in [5, 5.41) is 2.26. The van der Waals surface area contributed by atoms with E-state index in [2.05, 4.69) is 36.4 Å². The number of anilines is 3. The van der Waals surface area contributed by atoms with Crippen LogP contribution in [0.3, 0.4) is 0 Å². The Bertz CT molecular complexity index is 3110. The van der Waals surface area contributed by atoms with Crippen LogP contribution in [0.5, 0.6) is 0 Å². The number of nitrogens with zero attached hydrogens (tertiary/aromatic N) is 1. The van der Waals surface area contributed by atoms with Crippen LogP contribution in [-0.2, 0) is 0 Å². The molecule has 9 aromatic rings. The van der Waals surface area contributed by atoms with Gasteiger partial charge in [0.1, 0.15) is 0 Å². The van der Waals surface area contributed by atoms with Crippen LogP contribution in [0.15, 0.2) is 224 Å². The highest BCUT2D eigenvalue weighted by Crippen LogP contribution is 2.39. The van der Waals surface area contributed by atoms with Crippen LogP contribution in [-0.4, -0.2) is 0 Å². The van der Waals surface area contributed by atoms with Gasteiger partial charge in [-0.05, 0) is 115 Å². The van der Waals surface area contributed by atoms with Crippen LogP contribution in [0.1, 0.15) is 12.3 Å². The van der Waals surface area contributed by atoms with Crippen LogP contribution < -0.4 is 4.90 Å². The number of rotatable bonds is 8. The second kappa shape index (κ2) is 14.3. The monoisotopic (exact) mass is 684 g/mol. The summed E-state index contributed by atoms with van der Waals surface area (Å²) in [7, 11) is 0. The van der Waals surface area contributed by atoms with E-state index < -0.39 is 42.3 Å². The van der Waals surface area contributed by atoms with Crippen molar-refractivity contribution < 1.29 is 12.3 Å². The fourth-order valence-electron chi connectivity index (χ4n) is 6.86. The van der Waals surface area contributed by atoms with Crippen molar-refractivity contribution in [1.29, 1.82) is 0 Å². The Hall–Kier alpha value is -6.96. The number of benzene rings is 9. The summed E-state index contributed by atoms with van der Waals surface area (Å²) >= 11 is 0. The smallest absolute Gasteiger partial charge is 0.0645 e. The van der Waals surface area contributed by atoms with Gasteiger partial charge in [-0.15, -0.1) is 0 Å². The molecule has 0 aromatic heterocycles. The Balaban J connectivity index is 1.20. The Morgan fingerprint density at radius 1 is 0.302 bits per heavy atom. The molecule has 0 aliphatic heterocycles. The minimum Gasteiger partial charge on any atom is -0.311 e. The third-order valence-electron chi connectivity index (χ3n) is 9.45. The van der Waals surface area contributed by atoms with Crippen molar-refractivity contribution in [2.45, 2.75) is 0 Å². The highest BCUT2D eigenvalue weighted by atomic mass is 15.1. The van der Waals surface area contributed by atoms with Gasteiger partial charge in [0.2, 0.25) is 0 Å². The predicted octanol–water partition coefficient (Wildman–Crippen LogP) is 14.6. The van der Waals surface area contributed by atoms with Gasteiger partial charge in [-0.2, -0.15) is 0 Å². The Kier molecular flexibility index (Phi) is 6.36. The second-order valence-electron chi connectivity index (χ2n) is 12.7. The summed E-state index contributed by atoms with van der Waals surface area (Å²) in [5.41, 5.74) is 7.81. The van der Waals surface area contributed by atoms with E-state index in [4.69, 9.17) is 6.85 Å². The minimum atomic E-state index is -0.591. The van der Waals surface area contributed by atoms with E-state index in [-0.39, 0.29) is 34.7 Å². The molecule has 0 aliphatic carbocycles. The molecule has 0 atom stereocenters. The number of hydrogen-bond acceptors (Lipinski definition) is 1. The normalized spacial score (nSPS) is 13.4. The first-order valence-corrected chi connectivity index (χ1v) is 17.4. The fraction of sp³-hybridized carbons (Fsp3) is 0. The SMILES string of the molecule is [2H]c1c([2H])c([2H])c(N(c2ccc(-c3cccc(-c4cccc5ccccc45)c3)cc2)c2c([2H])c([2H])c(-c3ccc(-c4ccccc4)c(-c4ccccc4)c3)c([2H])c2[2H])c([2H])c1[2H]. The standard InChI is InChI=1S/C52H37N/c1-4-14-40(15-5-1)51-35-30-44(37-52(51)42-16-6-2-7-17-42)39-28-33-48(34-29-39)53(46-22-8-3-9-23-46)47-31-26-38(27-32-47)43-20-12-21-45(36-43)50-25-13-19-41-18-10-11-24-49(41)50/h1-37H/i3D,8D,9D,22D,23D,28D,29D,33D,34D. The number of para-hydroxylation sites is 1. The van der Waals surface area contributed by atoms with E-state index in [0.717, 1.165) is 55.3 Å². The number of fused-ring (bicyclic) bond motifs is 1. The lowest BCUT2D eigenvalue weighted by atomic mass is 9.91. The van der Waals surface area contributed by atoms with Crippen molar-refractivity contribution in [3.63, 3.8) is 0 Å². The molecular weight excluding hydrogens is 639 g/mol. The predicted molar refractivity (Wildman–Crippen MR) is 226 cm³/mol.